The van der Waals surface area contributed by atoms with E-state index in [2.05, 4.69) is 39.0 Å². The smallest absolute Gasteiger partial charge is 0.257 e. The number of hydrogen-bond donors (Lipinski definition) is 1. The maximum atomic E-state index is 5.38. The summed E-state index contributed by atoms with van der Waals surface area (Å²) in [6.45, 7) is 1.01. The number of hydrogen-bond acceptors (Lipinski definition) is 5. The largest absolute Gasteiger partial charge is 0.384 e. The van der Waals surface area contributed by atoms with E-state index in [0.717, 1.165) is 30.8 Å². The maximum absolute atomic E-state index is 5.38. The van der Waals surface area contributed by atoms with Crippen molar-refractivity contribution >= 4 is 17.0 Å². The Morgan fingerprint density at radius 3 is 3.20 bits per heavy atom. The lowest BCUT2D eigenvalue weighted by atomic mass is 10.1. The van der Waals surface area contributed by atoms with Gasteiger partial charge in [-0.1, -0.05) is 11.2 Å². The molecule has 20 heavy (non-hydrogen) atoms. The second-order valence-electron chi connectivity index (χ2n) is 4.82. The normalized spacial score (nSPS) is 13.2. The molecule has 0 unspecified atom stereocenters. The first kappa shape index (κ1) is 11.7. The zero-order valence-electron chi connectivity index (χ0n) is 10.8. The van der Waals surface area contributed by atoms with Crippen LogP contribution in [-0.2, 0) is 12.8 Å². The van der Waals surface area contributed by atoms with E-state index in [-0.39, 0.29) is 0 Å². The van der Waals surface area contributed by atoms with Gasteiger partial charge in [-0.15, -0.1) is 11.3 Å². The van der Waals surface area contributed by atoms with Crippen LogP contribution in [0.15, 0.2) is 40.2 Å². The molecule has 1 aliphatic rings. The monoisotopic (exact) mass is 283 g/mol. The van der Waals surface area contributed by atoms with E-state index in [0.29, 0.717) is 5.89 Å². The van der Waals surface area contributed by atoms with E-state index < -0.39 is 0 Å². The highest BCUT2D eigenvalue weighted by Gasteiger charge is 2.14. The summed E-state index contributed by atoms with van der Waals surface area (Å²) in [4.78, 5) is 5.74. The standard InChI is InChI=1S/C15H13N3OS/c1-2-12(20-7-1)9-14-17-15(19-18-14)11-3-4-13-10(8-11)5-6-16-13/h1-4,7-8,16H,5-6,9H2. The number of anilines is 1. The third-order valence-electron chi connectivity index (χ3n) is 3.44. The Labute approximate surface area is 120 Å². The molecule has 0 atom stereocenters. The fourth-order valence-corrected chi connectivity index (χ4v) is 3.15. The Balaban J connectivity index is 1.61. The molecule has 0 radical (unpaired) electrons. The minimum absolute atomic E-state index is 0.603. The summed E-state index contributed by atoms with van der Waals surface area (Å²) in [6, 6.07) is 10.4. The molecule has 0 saturated heterocycles. The number of thiophene rings is 1. The van der Waals surface area contributed by atoms with Gasteiger partial charge in [0.05, 0.1) is 0 Å². The lowest BCUT2D eigenvalue weighted by Crippen LogP contribution is -1.90. The van der Waals surface area contributed by atoms with Crippen molar-refractivity contribution < 1.29 is 4.52 Å². The minimum atomic E-state index is 0.603. The SMILES string of the molecule is c1csc(Cc2noc(-c3ccc4c(c3)CCN4)n2)c1. The molecule has 3 heterocycles. The zero-order valence-corrected chi connectivity index (χ0v) is 11.6. The van der Waals surface area contributed by atoms with E-state index in [4.69, 9.17) is 4.52 Å². The molecule has 4 nitrogen and oxygen atoms in total. The molecule has 1 aliphatic heterocycles. The molecule has 2 aromatic heterocycles. The van der Waals surface area contributed by atoms with Gasteiger partial charge < -0.3 is 9.84 Å². The zero-order chi connectivity index (χ0) is 13.4. The predicted molar refractivity (Wildman–Crippen MR) is 79.1 cm³/mol. The van der Waals surface area contributed by atoms with Crippen LogP contribution in [0.25, 0.3) is 11.5 Å². The van der Waals surface area contributed by atoms with Gasteiger partial charge in [-0.2, -0.15) is 4.98 Å². The predicted octanol–water partition coefficient (Wildman–Crippen LogP) is 3.36. The Morgan fingerprint density at radius 2 is 2.30 bits per heavy atom. The van der Waals surface area contributed by atoms with Gasteiger partial charge in [0.2, 0.25) is 0 Å². The average Bonchev–Trinajstić information content (AvgIpc) is 3.19. The average molecular weight is 283 g/mol. The van der Waals surface area contributed by atoms with Crippen LogP contribution < -0.4 is 5.32 Å². The van der Waals surface area contributed by atoms with Gasteiger partial charge in [-0.25, -0.2) is 0 Å². The van der Waals surface area contributed by atoms with Gasteiger partial charge in [0, 0.05) is 29.1 Å². The van der Waals surface area contributed by atoms with Crippen LogP contribution in [0.3, 0.4) is 0 Å². The highest BCUT2D eigenvalue weighted by molar-refractivity contribution is 7.09. The van der Waals surface area contributed by atoms with Crippen LogP contribution in [0.5, 0.6) is 0 Å². The third kappa shape index (κ3) is 2.10. The van der Waals surface area contributed by atoms with Crippen molar-refractivity contribution in [1.29, 1.82) is 0 Å². The quantitative estimate of drug-likeness (QED) is 0.801. The van der Waals surface area contributed by atoms with E-state index in [1.54, 1.807) is 11.3 Å². The first-order valence-electron chi connectivity index (χ1n) is 6.60. The van der Waals surface area contributed by atoms with Crippen molar-refractivity contribution in [2.75, 3.05) is 11.9 Å². The number of rotatable bonds is 3. The molecule has 0 bridgehead atoms. The van der Waals surface area contributed by atoms with Gasteiger partial charge in [-0.05, 0) is 41.6 Å². The number of fused-ring (bicyclic) bond motifs is 1. The molecular weight excluding hydrogens is 270 g/mol. The van der Waals surface area contributed by atoms with Gasteiger partial charge in [-0.3, -0.25) is 0 Å². The van der Waals surface area contributed by atoms with Crippen molar-refractivity contribution in [3.63, 3.8) is 0 Å². The first-order valence-corrected chi connectivity index (χ1v) is 7.48. The molecule has 0 aliphatic carbocycles. The van der Waals surface area contributed by atoms with Crippen LogP contribution in [0.1, 0.15) is 16.3 Å². The molecular formula is C15H13N3OS. The highest BCUT2D eigenvalue weighted by atomic mass is 32.1. The van der Waals surface area contributed by atoms with Crippen molar-refractivity contribution in [3.05, 3.63) is 52.0 Å². The van der Waals surface area contributed by atoms with Crippen molar-refractivity contribution in [3.8, 4) is 11.5 Å². The summed E-state index contributed by atoms with van der Waals surface area (Å²) >= 11 is 1.71. The molecule has 3 aromatic rings. The van der Waals surface area contributed by atoms with Crippen LogP contribution in [0, 0.1) is 0 Å². The fourth-order valence-electron chi connectivity index (χ4n) is 2.45. The molecule has 1 N–H and O–H groups in total. The van der Waals surface area contributed by atoms with Crippen LogP contribution >= 0.6 is 11.3 Å². The van der Waals surface area contributed by atoms with Gasteiger partial charge in [0.15, 0.2) is 5.82 Å². The number of nitrogens with one attached hydrogen (secondary N) is 1. The summed E-state index contributed by atoms with van der Waals surface area (Å²) < 4.78 is 5.38. The molecule has 0 amide bonds. The second-order valence-corrected chi connectivity index (χ2v) is 5.85. The topological polar surface area (TPSA) is 51.0 Å². The Hall–Kier alpha value is -2.14. The van der Waals surface area contributed by atoms with Crippen molar-refractivity contribution in [2.24, 2.45) is 0 Å². The number of aromatic nitrogens is 2. The van der Waals surface area contributed by atoms with E-state index >= 15 is 0 Å². The first-order chi connectivity index (χ1) is 9.88. The second kappa shape index (κ2) is 4.76. The van der Waals surface area contributed by atoms with Gasteiger partial charge >= 0.3 is 0 Å². The fraction of sp³-hybridized carbons (Fsp3) is 0.200. The van der Waals surface area contributed by atoms with Crippen LogP contribution in [0.4, 0.5) is 5.69 Å². The summed E-state index contributed by atoms with van der Waals surface area (Å²) in [5.74, 6) is 1.34. The summed E-state index contributed by atoms with van der Waals surface area (Å²) in [5.41, 5.74) is 3.53. The van der Waals surface area contributed by atoms with Crippen LogP contribution in [0.2, 0.25) is 0 Å². The molecule has 100 valence electrons. The lowest BCUT2D eigenvalue weighted by Gasteiger charge is -2.00. The van der Waals surface area contributed by atoms with Crippen LogP contribution in [-0.4, -0.2) is 16.7 Å². The molecule has 0 saturated carbocycles. The Kier molecular flexibility index (Phi) is 2.77. The van der Waals surface area contributed by atoms with Gasteiger partial charge in [0.25, 0.3) is 5.89 Å². The van der Waals surface area contributed by atoms with E-state index in [9.17, 15) is 0 Å². The van der Waals surface area contributed by atoms with E-state index in [1.807, 2.05) is 12.1 Å². The summed E-state index contributed by atoms with van der Waals surface area (Å²) in [5, 5.41) is 9.47. The molecule has 0 fully saturated rings. The van der Waals surface area contributed by atoms with Crippen molar-refractivity contribution in [2.45, 2.75) is 12.8 Å². The van der Waals surface area contributed by atoms with E-state index in [1.165, 1.54) is 16.1 Å². The molecule has 5 heteroatoms. The number of nitrogens with zero attached hydrogens (tertiary/aromatic N) is 2. The number of benzene rings is 1. The maximum Gasteiger partial charge on any atom is 0.257 e. The summed E-state index contributed by atoms with van der Waals surface area (Å²) in [7, 11) is 0. The minimum Gasteiger partial charge on any atom is -0.384 e. The molecule has 0 spiro atoms. The lowest BCUT2D eigenvalue weighted by molar-refractivity contribution is 0.424. The van der Waals surface area contributed by atoms with Crippen molar-refractivity contribution in [1.82, 2.24) is 10.1 Å². The molecule has 1 aromatic carbocycles. The Morgan fingerprint density at radius 1 is 1.30 bits per heavy atom. The Bertz CT molecular complexity index is 733. The molecule has 4 rings (SSSR count). The summed E-state index contributed by atoms with van der Waals surface area (Å²) in [6.07, 6.45) is 1.78. The highest BCUT2D eigenvalue weighted by Crippen LogP contribution is 2.28. The third-order valence-corrected chi connectivity index (χ3v) is 4.32. The van der Waals surface area contributed by atoms with Gasteiger partial charge in [0.1, 0.15) is 0 Å².